The molecule has 0 saturated heterocycles. The molecule has 1 rings (SSSR count). The molecule has 1 N–H and O–H groups in total. The van der Waals surface area contributed by atoms with E-state index < -0.39 is 0 Å². The van der Waals surface area contributed by atoms with Crippen molar-refractivity contribution in [1.29, 1.82) is 0 Å². The highest BCUT2D eigenvalue weighted by atomic mass is 32.2. The zero-order chi connectivity index (χ0) is 12.8. The summed E-state index contributed by atoms with van der Waals surface area (Å²) in [7, 11) is 0. The third-order valence-electron chi connectivity index (χ3n) is 2.78. The number of aliphatic hydroxyl groups is 1. The second kappa shape index (κ2) is 6.82. The number of carbonyl (C=O) groups excluding carboxylic acids is 1. The molecule has 1 atom stereocenters. The van der Waals surface area contributed by atoms with Gasteiger partial charge >= 0.3 is 0 Å². The summed E-state index contributed by atoms with van der Waals surface area (Å²) in [5.41, 5.74) is 3.16. The summed E-state index contributed by atoms with van der Waals surface area (Å²) < 4.78 is 0. The predicted molar refractivity (Wildman–Crippen MR) is 73.8 cm³/mol. The van der Waals surface area contributed by atoms with Crippen LogP contribution in [-0.4, -0.2) is 29.0 Å². The molecule has 3 heteroatoms. The molecule has 1 aromatic carbocycles. The van der Waals surface area contributed by atoms with Crippen LogP contribution in [0.25, 0.3) is 0 Å². The molecule has 0 saturated carbocycles. The van der Waals surface area contributed by atoms with Crippen molar-refractivity contribution in [2.45, 2.75) is 20.8 Å². The molecule has 0 aromatic heterocycles. The number of Topliss-reactive ketones (excluding diaryl/α,β-unsaturated/α-hetero) is 1. The van der Waals surface area contributed by atoms with Crippen LogP contribution in [0.1, 0.15) is 28.4 Å². The molecule has 0 fully saturated rings. The highest BCUT2D eigenvalue weighted by molar-refractivity contribution is 7.99. The monoisotopic (exact) mass is 252 g/mol. The number of carbonyl (C=O) groups is 1. The fourth-order valence-corrected chi connectivity index (χ4v) is 2.38. The Morgan fingerprint density at radius 1 is 1.35 bits per heavy atom. The minimum Gasteiger partial charge on any atom is -0.396 e. The normalized spacial score (nSPS) is 12.5. The summed E-state index contributed by atoms with van der Waals surface area (Å²) in [6.07, 6.45) is 0. The Morgan fingerprint density at radius 3 is 2.65 bits per heavy atom. The van der Waals surface area contributed by atoms with Gasteiger partial charge in [-0.25, -0.2) is 0 Å². The van der Waals surface area contributed by atoms with Crippen molar-refractivity contribution in [2.24, 2.45) is 5.92 Å². The second-order valence-electron chi connectivity index (χ2n) is 4.53. The van der Waals surface area contributed by atoms with Gasteiger partial charge in [-0.1, -0.05) is 19.1 Å². The molecule has 0 aliphatic rings. The summed E-state index contributed by atoms with van der Waals surface area (Å²) in [5.74, 6) is 1.75. The van der Waals surface area contributed by atoms with E-state index in [0.29, 0.717) is 5.75 Å². The van der Waals surface area contributed by atoms with E-state index >= 15 is 0 Å². The smallest absolute Gasteiger partial charge is 0.172 e. The largest absolute Gasteiger partial charge is 0.396 e. The second-order valence-corrected chi connectivity index (χ2v) is 5.56. The maximum atomic E-state index is 11.9. The summed E-state index contributed by atoms with van der Waals surface area (Å²) in [5, 5.41) is 8.89. The van der Waals surface area contributed by atoms with Crippen LogP contribution in [-0.2, 0) is 0 Å². The lowest BCUT2D eigenvalue weighted by Crippen LogP contribution is -2.08. The molecule has 1 unspecified atom stereocenters. The van der Waals surface area contributed by atoms with Crippen LogP contribution < -0.4 is 0 Å². The molecule has 0 aliphatic carbocycles. The third kappa shape index (κ3) is 4.52. The lowest BCUT2D eigenvalue weighted by Gasteiger charge is -2.07. The van der Waals surface area contributed by atoms with Crippen LogP contribution in [0.3, 0.4) is 0 Å². The maximum Gasteiger partial charge on any atom is 0.172 e. The van der Waals surface area contributed by atoms with Gasteiger partial charge in [0.1, 0.15) is 0 Å². The molecule has 0 radical (unpaired) electrons. The standard InChI is InChI=1S/C14H20O2S/c1-10(7-15)8-17-9-14(16)13-5-4-11(2)12(3)6-13/h4-6,10,15H,7-9H2,1-3H3. The SMILES string of the molecule is Cc1ccc(C(=O)CSCC(C)CO)cc1C. The van der Waals surface area contributed by atoms with Crippen molar-refractivity contribution in [2.75, 3.05) is 18.1 Å². The molecule has 0 bridgehead atoms. The topological polar surface area (TPSA) is 37.3 Å². The number of hydrogen-bond acceptors (Lipinski definition) is 3. The maximum absolute atomic E-state index is 11.9. The average molecular weight is 252 g/mol. The van der Waals surface area contributed by atoms with Crippen LogP contribution in [0.15, 0.2) is 18.2 Å². The molecule has 2 nitrogen and oxygen atoms in total. The molecule has 94 valence electrons. The zero-order valence-corrected chi connectivity index (χ0v) is 11.5. The number of rotatable bonds is 6. The Morgan fingerprint density at radius 2 is 2.06 bits per heavy atom. The van der Waals surface area contributed by atoms with Gasteiger partial charge in [0.05, 0.1) is 5.75 Å². The molecule has 0 spiro atoms. The Labute approximate surface area is 107 Å². The lowest BCUT2D eigenvalue weighted by atomic mass is 10.0. The van der Waals surface area contributed by atoms with E-state index in [0.717, 1.165) is 16.9 Å². The van der Waals surface area contributed by atoms with E-state index in [4.69, 9.17) is 5.11 Å². The first-order valence-electron chi connectivity index (χ1n) is 5.83. The van der Waals surface area contributed by atoms with Gasteiger partial charge in [0.2, 0.25) is 0 Å². The van der Waals surface area contributed by atoms with Gasteiger partial charge in [0, 0.05) is 12.2 Å². The van der Waals surface area contributed by atoms with E-state index in [1.54, 1.807) is 11.8 Å². The summed E-state index contributed by atoms with van der Waals surface area (Å²) >= 11 is 1.59. The molecular weight excluding hydrogens is 232 g/mol. The first-order chi connectivity index (χ1) is 8.04. The molecular formula is C14H20O2S. The Balaban J connectivity index is 2.50. The fourth-order valence-electron chi connectivity index (χ4n) is 1.40. The van der Waals surface area contributed by atoms with Gasteiger partial charge in [-0.3, -0.25) is 4.79 Å². The minimum absolute atomic E-state index is 0.170. The van der Waals surface area contributed by atoms with Crippen molar-refractivity contribution in [3.05, 3.63) is 34.9 Å². The number of ketones is 1. The molecule has 17 heavy (non-hydrogen) atoms. The first-order valence-corrected chi connectivity index (χ1v) is 6.99. The van der Waals surface area contributed by atoms with E-state index in [1.807, 2.05) is 39.0 Å². The number of benzene rings is 1. The van der Waals surface area contributed by atoms with Crippen LogP contribution in [0.2, 0.25) is 0 Å². The number of hydrogen-bond donors (Lipinski definition) is 1. The first kappa shape index (κ1) is 14.3. The summed E-state index contributed by atoms with van der Waals surface area (Å²) in [6, 6.07) is 5.83. The average Bonchev–Trinajstić information content (AvgIpc) is 2.32. The van der Waals surface area contributed by atoms with Crippen LogP contribution in [0.5, 0.6) is 0 Å². The van der Waals surface area contributed by atoms with E-state index in [2.05, 4.69) is 0 Å². The van der Waals surface area contributed by atoms with E-state index in [9.17, 15) is 4.79 Å². The van der Waals surface area contributed by atoms with E-state index in [1.165, 1.54) is 5.56 Å². The van der Waals surface area contributed by atoms with Gasteiger partial charge in [-0.15, -0.1) is 0 Å². The predicted octanol–water partition coefficient (Wildman–Crippen LogP) is 2.85. The van der Waals surface area contributed by atoms with Gasteiger partial charge < -0.3 is 5.11 Å². The van der Waals surface area contributed by atoms with Crippen molar-refractivity contribution < 1.29 is 9.90 Å². The van der Waals surface area contributed by atoms with Crippen molar-refractivity contribution >= 4 is 17.5 Å². The lowest BCUT2D eigenvalue weighted by molar-refractivity contribution is 0.102. The Bertz CT molecular complexity index is 388. The third-order valence-corrected chi connectivity index (χ3v) is 4.05. The highest BCUT2D eigenvalue weighted by Gasteiger charge is 2.08. The van der Waals surface area contributed by atoms with Crippen LogP contribution in [0, 0.1) is 19.8 Å². The number of thioether (sulfide) groups is 1. The minimum atomic E-state index is 0.170. The van der Waals surface area contributed by atoms with Crippen molar-refractivity contribution in [3.63, 3.8) is 0 Å². The van der Waals surface area contributed by atoms with Crippen molar-refractivity contribution in [1.82, 2.24) is 0 Å². The number of aryl methyl sites for hydroxylation is 2. The Hall–Kier alpha value is -0.800. The van der Waals surface area contributed by atoms with E-state index in [-0.39, 0.29) is 18.3 Å². The van der Waals surface area contributed by atoms with Crippen molar-refractivity contribution in [3.8, 4) is 0 Å². The highest BCUT2D eigenvalue weighted by Crippen LogP contribution is 2.14. The molecule has 0 heterocycles. The fraction of sp³-hybridized carbons (Fsp3) is 0.500. The van der Waals surface area contributed by atoms with Gasteiger partial charge in [-0.2, -0.15) is 11.8 Å². The molecule has 0 aliphatic heterocycles. The van der Waals surface area contributed by atoms with Gasteiger partial charge in [0.25, 0.3) is 0 Å². The summed E-state index contributed by atoms with van der Waals surface area (Å²) in [6.45, 7) is 6.23. The van der Waals surface area contributed by atoms with Gasteiger partial charge in [-0.05, 0) is 42.7 Å². The molecule has 0 amide bonds. The van der Waals surface area contributed by atoms with Crippen LogP contribution in [0.4, 0.5) is 0 Å². The number of aliphatic hydroxyl groups excluding tert-OH is 1. The van der Waals surface area contributed by atoms with Crippen LogP contribution >= 0.6 is 11.8 Å². The quantitative estimate of drug-likeness (QED) is 0.791. The Kier molecular flexibility index (Phi) is 5.72. The van der Waals surface area contributed by atoms with Gasteiger partial charge in [0.15, 0.2) is 5.78 Å². The molecule has 1 aromatic rings. The zero-order valence-electron chi connectivity index (χ0n) is 10.7. The summed E-state index contributed by atoms with van der Waals surface area (Å²) in [4.78, 5) is 11.9.